The molecule has 2 rings (SSSR count). The summed E-state index contributed by atoms with van der Waals surface area (Å²) < 4.78 is 28.9. The fourth-order valence-electron chi connectivity index (χ4n) is 1.78. The summed E-state index contributed by atoms with van der Waals surface area (Å²) in [6.07, 6.45) is 1.83. The Balaban J connectivity index is 2.95. The molecule has 1 nitrogen and oxygen atoms in total. The highest BCUT2D eigenvalue weighted by molar-refractivity contribution is 9.10. The fourth-order valence-corrected chi connectivity index (χ4v) is 2.19. The minimum absolute atomic E-state index is 0.171. The van der Waals surface area contributed by atoms with Crippen molar-refractivity contribution in [3.8, 4) is 0 Å². The Bertz CT molecular complexity index is 531. The quantitative estimate of drug-likeness (QED) is 0.692. The second-order valence-electron chi connectivity index (χ2n) is 3.48. The van der Waals surface area contributed by atoms with Crippen LogP contribution in [0.1, 0.15) is 12.5 Å². The van der Waals surface area contributed by atoms with Gasteiger partial charge in [0.1, 0.15) is 0 Å². The van der Waals surface area contributed by atoms with E-state index in [-0.39, 0.29) is 4.47 Å². The third-order valence-corrected chi connectivity index (χ3v) is 3.12. The van der Waals surface area contributed by atoms with Gasteiger partial charge < -0.3 is 4.57 Å². The molecule has 0 bridgehead atoms. The predicted octanol–water partition coefficient (Wildman–Crippen LogP) is 4.01. The van der Waals surface area contributed by atoms with Gasteiger partial charge in [0.25, 0.3) is 0 Å². The first kappa shape index (κ1) is 10.6. The van der Waals surface area contributed by atoms with Crippen molar-refractivity contribution >= 4 is 26.8 Å². The molecular formula is C11H10BrF2N. The molecule has 0 saturated carbocycles. The summed E-state index contributed by atoms with van der Waals surface area (Å²) in [7, 11) is 0. The van der Waals surface area contributed by atoms with E-state index in [2.05, 4.69) is 15.9 Å². The molecule has 0 spiro atoms. The lowest BCUT2D eigenvalue weighted by atomic mass is 10.2. The van der Waals surface area contributed by atoms with E-state index < -0.39 is 11.6 Å². The van der Waals surface area contributed by atoms with Gasteiger partial charge in [-0.15, -0.1) is 0 Å². The second-order valence-corrected chi connectivity index (χ2v) is 4.33. The van der Waals surface area contributed by atoms with Gasteiger partial charge in [-0.2, -0.15) is 0 Å². The molecular weight excluding hydrogens is 264 g/mol. The molecule has 80 valence electrons. The molecule has 1 heterocycles. The van der Waals surface area contributed by atoms with E-state index >= 15 is 0 Å². The number of benzene rings is 1. The molecule has 4 heteroatoms. The monoisotopic (exact) mass is 273 g/mol. The zero-order valence-corrected chi connectivity index (χ0v) is 10.0. The summed E-state index contributed by atoms with van der Waals surface area (Å²) in [5.74, 6) is -1.61. The van der Waals surface area contributed by atoms with E-state index in [1.807, 2.05) is 20.0 Å². The average Bonchev–Trinajstić information content (AvgIpc) is 2.52. The largest absolute Gasteiger partial charge is 0.345 e. The molecule has 0 N–H and O–H groups in total. The first-order valence-electron chi connectivity index (χ1n) is 4.69. The summed E-state index contributed by atoms with van der Waals surface area (Å²) in [4.78, 5) is 0. The van der Waals surface area contributed by atoms with Crippen molar-refractivity contribution in [1.82, 2.24) is 4.57 Å². The molecule has 15 heavy (non-hydrogen) atoms. The van der Waals surface area contributed by atoms with Crippen molar-refractivity contribution < 1.29 is 8.78 Å². The summed E-state index contributed by atoms with van der Waals surface area (Å²) in [6, 6.07) is 1.62. The van der Waals surface area contributed by atoms with Crippen LogP contribution >= 0.6 is 15.9 Å². The highest BCUT2D eigenvalue weighted by atomic mass is 79.9. The van der Waals surface area contributed by atoms with Crippen LogP contribution in [-0.2, 0) is 6.54 Å². The van der Waals surface area contributed by atoms with Crippen LogP contribution in [0.2, 0.25) is 0 Å². The molecule has 0 aliphatic carbocycles. The van der Waals surface area contributed by atoms with Crippen LogP contribution in [0.25, 0.3) is 10.9 Å². The maximum atomic E-state index is 13.7. The highest BCUT2D eigenvalue weighted by Crippen LogP contribution is 2.30. The summed E-state index contributed by atoms with van der Waals surface area (Å²) >= 11 is 3.01. The average molecular weight is 274 g/mol. The number of fused-ring (bicyclic) bond motifs is 1. The molecule has 0 radical (unpaired) electrons. The second kappa shape index (κ2) is 3.59. The first-order chi connectivity index (χ1) is 7.06. The van der Waals surface area contributed by atoms with Crippen molar-refractivity contribution in [3.05, 3.63) is 33.9 Å². The fraction of sp³-hybridized carbons (Fsp3) is 0.273. The number of nitrogens with zero attached hydrogens (tertiary/aromatic N) is 1. The van der Waals surface area contributed by atoms with Gasteiger partial charge in [0.15, 0.2) is 11.6 Å². The number of aromatic nitrogens is 1. The Kier molecular flexibility index (Phi) is 2.54. The van der Waals surface area contributed by atoms with Gasteiger partial charge in [-0.1, -0.05) is 0 Å². The minimum Gasteiger partial charge on any atom is -0.345 e. The van der Waals surface area contributed by atoms with Gasteiger partial charge in [-0.3, -0.25) is 0 Å². The molecule has 0 saturated heterocycles. The van der Waals surface area contributed by atoms with Crippen molar-refractivity contribution in [2.45, 2.75) is 20.4 Å². The molecule has 0 fully saturated rings. The lowest BCUT2D eigenvalue weighted by Gasteiger charge is -2.03. The number of rotatable bonds is 1. The molecule has 0 unspecified atom stereocenters. The Morgan fingerprint density at radius 3 is 2.60 bits per heavy atom. The number of aryl methyl sites for hydroxylation is 2. The molecule has 1 aromatic heterocycles. The molecule has 0 atom stereocenters. The standard InChI is InChI=1S/C11H10BrF2N/c1-3-15-5-6(2)7-4-8(12)9(13)10(14)11(7)15/h4-5H,3H2,1-2H3. The van der Waals surface area contributed by atoms with Crippen LogP contribution in [0.3, 0.4) is 0 Å². The summed E-state index contributed by atoms with van der Waals surface area (Å²) in [5, 5.41) is 0.752. The van der Waals surface area contributed by atoms with E-state index in [0.717, 1.165) is 10.9 Å². The zero-order chi connectivity index (χ0) is 11.2. The topological polar surface area (TPSA) is 4.93 Å². The number of halogens is 3. The van der Waals surface area contributed by atoms with E-state index in [1.54, 1.807) is 10.6 Å². The Morgan fingerprint density at radius 2 is 2.00 bits per heavy atom. The molecule has 0 aliphatic heterocycles. The van der Waals surface area contributed by atoms with Gasteiger partial charge in [-0.05, 0) is 41.4 Å². The van der Waals surface area contributed by atoms with Crippen molar-refractivity contribution in [2.24, 2.45) is 0 Å². The van der Waals surface area contributed by atoms with Crippen LogP contribution in [0.4, 0.5) is 8.78 Å². The Labute approximate surface area is 94.8 Å². The predicted molar refractivity (Wildman–Crippen MR) is 60.0 cm³/mol. The first-order valence-corrected chi connectivity index (χ1v) is 5.48. The maximum absolute atomic E-state index is 13.7. The molecule has 1 aromatic carbocycles. The van der Waals surface area contributed by atoms with Crippen LogP contribution in [-0.4, -0.2) is 4.57 Å². The lowest BCUT2D eigenvalue weighted by molar-refractivity contribution is 0.507. The number of hydrogen-bond donors (Lipinski definition) is 0. The van der Waals surface area contributed by atoms with Gasteiger partial charge in [0.05, 0.1) is 9.99 Å². The molecule has 0 aliphatic rings. The maximum Gasteiger partial charge on any atom is 0.184 e. The zero-order valence-electron chi connectivity index (χ0n) is 8.44. The van der Waals surface area contributed by atoms with E-state index in [0.29, 0.717) is 12.1 Å². The van der Waals surface area contributed by atoms with Gasteiger partial charge in [-0.25, -0.2) is 8.78 Å². The SMILES string of the molecule is CCn1cc(C)c2cc(Br)c(F)c(F)c21. The van der Waals surface area contributed by atoms with Crippen molar-refractivity contribution in [3.63, 3.8) is 0 Å². The van der Waals surface area contributed by atoms with Crippen molar-refractivity contribution in [1.29, 1.82) is 0 Å². The van der Waals surface area contributed by atoms with Crippen LogP contribution < -0.4 is 0 Å². The highest BCUT2D eigenvalue weighted by Gasteiger charge is 2.16. The summed E-state index contributed by atoms with van der Waals surface area (Å²) in [6.45, 7) is 4.42. The minimum atomic E-state index is -0.824. The van der Waals surface area contributed by atoms with Gasteiger partial charge in [0, 0.05) is 18.1 Å². The summed E-state index contributed by atoms with van der Waals surface area (Å²) in [5.41, 5.74) is 1.29. The Morgan fingerprint density at radius 1 is 1.33 bits per heavy atom. The van der Waals surface area contributed by atoms with Crippen LogP contribution in [0, 0.1) is 18.6 Å². The normalized spacial score (nSPS) is 11.3. The number of hydrogen-bond acceptors (Lipinski definition) is 0. The Hall–Kier alpha value is -0.900. The van der Waals surface area contributed by atoms with Gasteiger partial charge >= 0.3 is 0 Å². The molecule has 2 aromatic rings. The van der Waals surface area contributed by atoms with Crippen molar-refractivity contribution in [2.75, 3.05) is 0 Å². The van der Waals surface area contributed by atoms with Crippen LogP contribution in [0.5, 0.6) is 0 Å². The van der Waals surface area contributed by atoms with Crippen LogP contribution in [0.15, 0.2) is 16.7 Å². The van der Waals surface area contributed by atoms with E-state index in [1.165, 1.54) is 0 Å². The smallest absolute Gasteiger partial charge is 0.184 e. The van der Waals surface area contributed by atoms with E-state index in [9.17, 15) is 8.78 Å². The lowest BCUT2D eigenvalue weighted by Crippen LogP contribution is -1.96. The van der Waals surface area contributed by atoms with E-state index in [4.69, 9.17) is 0 Å². The third kappa shape index (κ3) is 1.47. The third-order valence-electron chi connectivity index (χ3n) is 2.54. The molecule has 0 amide bonds. The van der Waals surface area contributed by atoms with Gasteiger partial charge in [0.2, 0.25) is 0 Å².